The topological polar surface area (TPSA) is 80.3 Å². The molecule has 8 heteroatoms. The second-order valence-electron chi connectivity index (χ2n) is 11.0. The molecule has 0 spiro atoms. The first kappa shape index (κ1) is 27.3. The highest BCUT2D eigenvalue weighted by Gasteiger charge is 2.31. The average Bonchev–Trinajstić information content (AvgIpc) is 3.05. The summed E-state index contributed by atoms with van der Waals surface area (Å²) in [5.41, 5.74) is 4.37. The van der Waals surface area contributed by atoms with Crippen LogP contribution in [0.5, 0.6) is 0 Å². The van der Waals surface area contributed by atoms with Crippen LogP contribution in [0.25, 0.3) is 0 Å². The number of amides is 3. The monoisotopic (exact) mass is 530 g/mol. The smallest absolute Gasteiger partial charge is 0.308 e. The number of piperidine rings is 2. The molecule has 2 aromatic rings. The number of urea groups is 1. The molecule has 0 aliphatic carbocycles. The lowest BCUT2D eigenvalue weighted by Crippen LogP contribution is -2.48. The minimum Gasteiger partial charge on any atom is -0.308 e. The minimum absolute atomic E-state index is 0.224. The molecule has 2 fully saturated rings. The number of fused-ring (bicyclic) bond motifs is 1. The Kier molecular flexibility index (Phi) is 8.94. The lowest BCUT2D eigenvalue weighted by Gasteiger charge is -2.40. The highest BCUT2D eigenvalue weighted by molar-refractivity contribution is 6.12. The number of aliphatic imine (C=N–C) groups is 1. The van der Waals surface area contributed by atoms with Gasteiger partial charge in [-0.05, 0) is 89.0 Å². The fourth-order valence-electron chi connectivity index (χ4n) is 6.17. The fraction of sp³-hybridized carbons (Fsp3) is 0.516. The van der Waals surface area contributed by atoms with E-state index in [9.17, 15) is 9.59 Å². The van der Waals surface area contributed by atoms with Crippen LogP contribution in [0, 0.1) is 0 Å². The van der Waals surface area contributed by atoms with Gasteiger partial charge in [0.1, 0.15) is 0 Å². The Bertz CT molecular complexity index is 1180. The van der Waals surface area contributed by atoms with Crippen molar-refractivity contribution in [3.8, 4) is 0 Å². The van der Waals surface area contributed by atoms with E-state index in [1.807, 2.05) is 56.3 Å². The maximum Gasteiger partial charge on any atom is 0.321 e. The number of benzene rings is 2. The molecular weight excluding hydrogens is 488 g/mol. The van der Waals surface area contributed by atoms with Crippen molar-refractivity contribution in [1.29, 1.82) is 0 Å². The molecule has 0 aromatic heterocycles. The van der Waals surface area contributed by atoms with E-state index >= 15 is 0 Å². The lowest BCUT2D eigenvalue weighted by atomic mass is 9.99. The third-order valence-corrected chi connectivity index (χ3v) is 8.18. The van der Waals surface area contributed by atoms with E-state index in [1.54, 1.807) is 4.90 Å². The average molecular weight is 531 g/mol. The number of rotatable bonds is 7. The first-order chi connectivity index (χ1) is 19.0. The van der Waals surface area contributed by atoms with Gasteiger partial charge in [0.2, 0.25) is 6.17 Å². The number of hydrogen-bond acceptors (Lipinski definition) is 5. The van der Waals surface area contributed by atoms with Gasteiger partial charge in [-0.2, -0.15) is 0 Å². The van der Waals surface area contributed by atoms with Crippen LogP contribution in [0.1, 0.15) is 63.5 Å². The number of nitrogens with zero attached hydrogens (tertiary/aromatic N) is 4. The van der Waals surface area contributed by atoms with Gasteiger partial charge in [0.15, 0.2) is 0 Å². The normalized spacial score (nSPS) is 21.2. The summed E-state index contributed by atoms with van der Waals surface area (Å²) < 4.78 is 0. The fourth-order valence-corrected chi connectivity index (χ4v) is 6.17. The summed E-state index contributed by atoms with van der Waals surface area (Å²) in [6.07, 6.45) is 6.36. The van der Waals surface area contributed by atoms with Crippen LogP contribution >= 0.6 is 0 Å². The Morgan fingerprint density at radius 1 is 1.00 bits per heavy atom. The SMILES string of the molecule is CCCN1C(=O)C(NC(=O)Nc2cccc(CN3CCC(N4CCCCC4)CC3)c2)N=C(C)c2ccccc21. The number of carbonyl (C=O) groups is 2. The number of carbonyl (C=O) groups excluding carboxylic acids is 2. The molecule has 3 aliphatic heterocycles. The van der Waals surface area contributed by atoms with E-state index in [4.69, 9.17) is 0 Å². The van der Waals surface area contributed by atoms with Crippen LogP contribution in [-0.2, 0) is 11.3 Å². The summed E-state index contributed by atoms with van der Waals surface area (Å²) in [7, 11) is 0. The number of likely N-dealkylation sites (tertiary alicyclic amines) is 2. The molecule has 208 valence electrons. The zero-order valence-electron chi connectivity index (χ0n) is 23.4. The van der Waals surface area contributed by atoms with Crippen molar-refractivity contribution in [2.24, 2.45) is 4.99 Å². The van der Waals surface area contributed by atoms with Crippen LogP contribution in [0.2, 0.25) is 0 Å². The standard InChI is InChI=1S/C31H42N6O2/c1-3-16-37-28-13-6-5-12-27(28)23(2)32-29(30(37)38)34-31(39)33-25-11-9-10-24(21-25)22-35-19-14-26(15-20-35)36-17-7-4-8-18-36/h5-6,9-13,21,26,29H,3-4,7-8,14-20,22H2,1-2H3,(H2,33,34,39). The quantitative estimate of drug-likeness (QED) is 0.536. The number of para-hydroxylation sites is 1. The molecule has 1 atom stereocenters. The van der Waals surface area contributed by atoms with Crippen molar-refractivity contribution in [2.75, 3.05) is 42.9 Å². The second-order valence-corrected chi connectivity index (χ2v) is 11.0. The molecule has 0 saturated carbocycles. The van der Waals surface area contributed by atoms with Gasteiger partial charge in [0.25, 0.3) is 5.91 Å². The van der Waals surface area contributed by atoms with Gasteiger partial charge in [-0.1, -0.05) is 43.7 Å². The van der Waals surface area contributed by atoms with Crippen LogP contribution in [0.3, 0.4) is 0 Å². The minimum atomic E-state index is -0.978. The lowest BCUT2D eigenvalue weighted by molar-refractivity contribution is -0.120. The predicted molar refractivity (Wildman–Crippen MR) is 157 cm³/mol. The first-order valence-electron chi connectivity index (χ1n) is 14.6. The van der Waals surface area contributed by atoms with Crippen molar-refractivity contribution in [2.45, 2.75) is 71.1 Å². The van der Waals surface area contributed by atoms with E-state index in [-0.39, 0.29) is 5.91 Å². The van der Waals surface area contributed by atoms with Crippen LogP contribution < -0.4 is 15.5 Å². The summed E-state index contributed by atoms with van der Waals surface area (Å²) in [4.78, 5) is 37.9. The predicted octanol–water partition coefficient (Wildman–Crippen LogP) is 4.85. The Hall–Kier alpha value is -3.23. The Balaban J connectivity index is 1.18. The zero-order chi connectivity index (χ0) is 27.2. The Morgan fingerprint density at radius 2 is 1.77 bits per heavy atom. The Labute approximate surface area is 232 Å². The molecule has 3 aliphatic rings. The number of anilines is 2. The second kappa shape index (κ2) is 12.7. The molecule has 2 N–H and O–H groups in total. The molecule has 2 aromatic carbocycles. The largest absolute Gasteiger partial charge is 0.321 e. The van der Waals surface area contributed by atoms with Crippen LogP contribution in [0.15, 0.2) is 53.5 Å². The Morgan fingerprint density at radius 3 is 2.54 bits per heavy atom. The summed E-state index contributed by atoms with van der Waals surface area (Å²) in [5.74, 6) is -0.224. The van der Waals surface area contributed by atoms with Crippen molar-refractivity contribution in [3.63, 3.8) is 0 Å². The molecule has 2 saturated heterocycles. The number of benzodiazepines with no additional fused rings is 1. The molecular formula is C31H42N6O2. The molecule has 0 bridgehead atoms. The molecule has 39 heavy (non-hydrogen) atoms. The number of hydrogen-bond donors (Lipinski definition) is 2. The van der Waals surface area contributed by atoms with Gasteiger partial charge in [0, 0.05) is 36.1 Å². The molecule has 3 amide bonds. The summed E-state index contributed by atoms with van der Waals surface area (Å²) in [5, 5.41) is 5.73. The van der Waals surface area contributed by atoms with E-state index in [1.165, 1.54) is 50.8 Å². The first-order valence-corrected chi connectivity index (χ1v) is 14.6. The molecule has 0 radical (unpaired) electrons. The van der Waals surface area contributed by atoms with Crippen molar-refractivity contribution >= 4 is 29.0 Å². The zero-order valence-corrected chi connectivity index (χ0v) is 23.4. The summed E-state index contributed by atoms with van der Waals surface area (Å²) in [6, 6.07) is 16.1. The van der Waals surface area contributed by atoms with E-state index in [2.05, 4.69) is 31.5 Å². The summed E-state index contributed by atoms with van der Waals surface area (Å²) in [6.45, 7) is 10.1. The van der Waals surface area contributed by atoms with Gasteiger partial charge >= 0.3 is 6.03 Å². The van der Waals surface area contributed by atoms with Crippen LogP contribution in [0.4, 0.5) is 16.2 Å². The van der Waals surface area contributed by atoms with Gasteiger partial charge < -0.3 is 20.4 Å². The molecule has 3 heterocycles. The molecule has 1 unspecified atom stereocenters. The number of nitrogens with one attached hydrogen (secondary N) is 2. The van der Waals surface area contributed by atoms with Crippen LogP contribution in [-0.4, -0.2) is 72.4 Å². The maximum atomic E-state index is 13.4. The van der Waals surface area contributed by atoms with Crippen molar-refractivity contribution < 1.29 is 9.59 Å². The van der Waals surface area contributed by atoms with E-state index in [0.29, 0.717) is 12.2 Å². The van der Waals surface area contributed by atoms with Gasteiger partial charge in [-0.25, -0.2) is 4.79 Å². The van der Waals surface area contributed by atoms with Gasteiger partial charge in [-0.15, -0.1) is 0 Å². The third kappa shape index (κ3) is 6.68. The van der Waals surface area contributed by atoms with Crippen molar-refractivity contribution in [1.82, 2.24) is 15.1 Å². The maximum absolute atomic E-state index is 13.4. The molecule has 5 rings (SSSR count). The van der Waals surface area contributed by atoms with E-state index in [0.717, 1.165) is 49.1 Å². The van der Waals surface area contributed by atoms with Gasteiger partial charge in [0.05, 0.1) is 5.69 Å². The summed E-state index contributed by atoms with van der Waals surface area (Å²) >= 11 is 0. The van der Waals surface area contributed by atoms with Gasteiger partial charge in [-0.3, -0.25) is 14.7 Å². The molecule has 8 nitrogen and oxygen atoms in total. The van der Waals surface area contributed by atoms with Crippen molar-refractivity contribution in [3.05, 3.63) is 59.7 Å². The highest BCUT2D eigenvalue weighted by atomic mass is 16.2. The van der Waals surface area contributed by atoms with E-state index < -0.39 is 12.2 Å². The third-order valence-electron chi connectivity index (χ3n) is 8.18. The highest BCUT2D eigenvalue weighted by Crippen LogP contribution is 2.26.